The number of halogens is 2. The van der Waals surface area contributed by atoms with Gasteiger partial charge in [0.15, 0.2) is 11.6 Å². The molecule has 32 heavy (non-hydrogen) atoms. The van der Waals surface area contributed by atoms with Crippen molar-refractivity contribution >= 4 is 0 Å². The summed E-state index contributed by atoms with van der Waals surface area (Å²) in [6.45, 7) is 5.12. The molecule has 0 spiro atoms. The smallest absolute Gasteiger partial charge is 0.201 e. The normalized spacial score (nSPS) is 23.4. The minimum atomic E-state index is -0.921. The summed E-state index contributed by atoms with van der Waals surface area (Å²) in [6.07, 6.45) is 10.5. The second kappa shape index (κ2) is 10.5. The number of rotatable bonds is 7. The largest absolute Gasteiger partial charge is 0.498 e. The molecule has 1 unspecified atom stereocenters. The lowest BCUT2D eigenvalue weighted by Gasteiger charge is -2.35. The highest BCUT2D eigenvalue weighted by Crippen LogP contribution is 2.41. The standard InChI is InChI=1S/C28H34F2O2/c1-3-5-24-15-14-23(18-32-24)21-8-6-19(7-9-21)20-10-12-22(13-11-20)25-16-17-26(31-4-2)28(30)27(25)29/h10-13,15-17,19,21,23H,3-9,14,18H2,1-2H3. The molecule has 2 aromatic rings. The fourth-order valence-corrected chi connectivity index (χ4v) is 5.25. The van der Waals surface area contributed by atoms with E-state index in [1.165, 1.54) is 43.1 Å². The van der Waals surface area contributed by atoms with E-state index in [0.29, 0.717) is 24.0 Å². The van der Waals surface area contributed by atoms with Crippen molar-refractivity contribution in [2.24, 2.45) is 11.8 Å². The maximum atomic E-state index is 14.5. The molecular formula is C28H34F2O2. The second-order valence-corrected chi connectivity index (χ2v) is 9.13. The van der Waals surface area contributed by atoms with E-state index in [2.05, 4.69) is 25.1 Å². The molecule has 1 aliphatic carbocycles. The van der Waals surface area contributed by atoms with Crippen molar-refractivity contribution in [3.8, 4) is 16.9 Å². The van der Waals surface area contributed by atoms with Crippen molar-refractivity contribution in [1.82, 2.24) is 0 Å². The Bertz CT molecular complexity index is 927. The van der Waals surface area contributed by atoms with Crippen LogP contribution in [0.15, 0.2) is 48.2 Å². The third kappa shape index (κ3) is 5.00. The van der Waals surface area contributed by atoms with Gasteiger partial charge in [-0.2, -0.15) is 4.39 Å². The first-order valence-electron chi connectivity index (χ1n) is 12.1. The van der Waals surface area contributed by atoms with Crippen molar-refractivity contribution in [3.63, 3.8) is 0 Å². The third-order valence-electron chi connectivity index (χ3n) is 7.11. The Labute approximate surface area is 190 Å². The Kier molecular flexibility index (Phi) is 7.49. The highest BCUT2D eigenvalue weighted by molar-refractivity contribution is 5.65. The van der Waals surface area contributed by atoms with Gasteiger partial charge in [-0.3, -0.25) is 0 Å². The van der Waals surface area contributed by atoms with Gasteiger partial charge in [-0.1, -0.05) is 31.2 Å². The highest BCUT2D eigenvalue weighted by atomic mass is 19.2. The minimum absolute atomic E-state index is 0.0393. The van der Waals surface area contributed by atoms with Crippen molar-refractivity contribution < 1.29 is 18.3 Å². The first kappa shape index (κ1) is 22.8. The summed E-state index contributed by atoms with van der Waals surface area (Å²) in [4.78, 5) is 0. The maximum absolute atomic E-state index is 14.5. The SMILES string of the molecule is CCCC1=CCC(C2CCC(c3ccc(-c4ccc(OCC)c(F)c4F)cc3)CC2)CO1. The van der Waals surface area contributed by atoms with Gasteiger partial charge >= 0.3 is 0 Å². The predicted octanol–water partition coefficient (Wildman–Crippen LogP) is 8.02. The van der Waals surface area contributed by atoms with Crippen LogP contribution in [0.2, 0.25) is 0 Å². The summed E-state index contributed by atoms with van der Waals surface area (Å²) < 4.78 is 39.9. The van der Waals surface area contributed by atoms with E-state index in [4.69, 9.17) is 9.47 Å². The summed E-state index contributed by atoms with van der Waals surface area (Å²) in [6, 6.07) is 11.1. The van der Waals surface area contributed by atoms with Crippen molar-refractivity contribution in [2.75, 3.05) is 13.2 Å². The molecule has 1 atom stereocenters. The van der Waals surface area contributed by atoms with Gasteiger partial charge in [-0.05, 0) is 92.5 Å². The number of hydrogen-bond donors (Lipinski definition) is 0. The van der Waals surface area contributed by atoms with Crippen LogP contribution in [-0.2, 0) is 4.74 Å². The molecule has 0 radical (unpaired) electrons. The number of hydrogen-bond acceptors (Lipinski definition) is 2. The van der Waals surface area contributed by atoms with E-state index in [9.17, 15) is 8.78 Å². The summed E-state index contributed by atoms with van der Waals surface area (Å²) >= 11 is 0. The zero-order valence-corrected chi connectivity index (χ0v) is 19.2. The minimum Gasteiger partial charge on any atom is -0.498 e. The summed E-state index contributed by atoms with van der Waals surface area (Å²) in [7, 11) is 0. The Morgan fingerprint density at radius 2 is 1.66 bits per heavy atom. The molecule has 0 amide bonds. The molecule has 1 fully saturated rings. The Balaban J connectivity index is 1.36. The molecule has 4 rings (SSSR count). The van der Waals surface area contributed by atoms with E-state index in [-0.39, 0.29) is 11.3 Å². The van der Waals surface area contributed by atoms with E-state index in [1.54, 1.807) is 13.0 Å². The lowest BCUT2D eigenvalue weighted by Crippen LogP contribution is -2.26. The van der Waals surface area contributed by atoms with Gasteiger partial charge in [0.2, 0.25) is 5.82 Å². The molecule has 1 saturated carbocycles. The molecule has 2 aliphatic rings. The van der Waals surface area contributed by atoms with Gasteiger partial charge in [-0.25, -0.2) is 4.39 Å². The molecule has 0 saturated heterocycles. The quantitative estimate of drug-likeness (QED) is 0.434. The van der Waals surface area contributed by atoms with Crippen LogP contribution in [-0.4, -0.2) is 13.2 Å². The van der Waals surface area contributed by atoms with Crippen LogP contribution in [0.4, 0.5) is 8.78 Å². The van der Waals surface area contributed by atoms with Crippen molar-refractivity contribution in [3.05, 3.63) is 65.4 Å². The molecule has 2 nitrogen and oxygen atoms in total. The van der Waals surface area contributed by atoms with Crippen molar-refractivity contribution in [2.45, 2.75) is 64.7 Å². The van der Waals surface area contributed by atoms with Crippen LogP contribution in [0.1, 0.15) is 70.3 Å². The van der Waals surface area contributed by atoms with Gasteiger partial charge in [0.25, 0.3) is 0 Å². The topological polar surface area (TPSA) is 18.5 Å². The lowest BCUT2D eigenvalue weighted by molar-refractivity contribution is 0.0894. The van der Waals surface area contributed by atoms with Crippen LogP contribution in [0.25, 0.3) is 11.1 Å². The zero-order valence-electron chi connectivity index (χ0n) is 19.2. The van der Waals surface area contributed by atoms with Crippen LogP contribution in [0, 0.1) is 23.5 Å². The highest BCUT2D eigenvalue weighted by Gasteiger charge is 2.30. The van der Waals surface area contributed by atoms with Crippen LogP contribution in [0.3, 0.4) is 0 Å². The van der Waals surface area contributed by atoms with Crippen LogP contribution < -0.4 is 4.74 Å². The fraction of sp³-hybridized carbons (Fsp3) is 0.500. The molecule has 1 heterocycles. The van der Waals surface area contributed by atoms with Gasteiger partial charge in [0.1, 0.15) is 0 Å². The number of benzene rings is 2. The van der Waals surface area contributed by atoms with Crippen LogP contribution in [0.5, 0.6) is 5.75 Å². The molecular weight excluding hydrogens is 406 g/mol. The Hall–Kier alpha value is -2.36. The second-order valence-electron chi connectivity index (χ2n) is 9.13. The molecule has 4 heteroatoms. The number of allylic oxidation sites excluding steroid dienone is 2. The molecule has 172 valence electrons. The first-order chi connectivity index (χ1) is 15.6. The molecule has 0 bridgehead atoms. The molecule has 0 aromatic heterocycles. The fourth-order valence-electron chi connectivity index (χ4n) is 5.25. The summed E-state index contributed by atoms with van der Waals surface area (Å²) in [5.74, 6) is 1.30. The summed E-state index contributed by atoms with van der Waals surface area (Å²) in [5.41, 5.74) is 2.26. The van der Waals surface area contributed by atoms with E-state index >= 15 is 0 Å². The van der Waals surface area contributed by atoms with Crippen LogP contribution >= 0.6 is 0 Å². The predicted molar refractivity (Wildman–Crippen MR) is 125 cm³/mol. The molecule has 2 aromatic carbocycles. The van der Waals surface area contributed by atoms with Gasteiger partial charge < -0.3 is 9.47 Å². The monoisotopic (exact) mass is 440 g/mol. The third-order valence-corrected chi connectivity index (χ3v) is 7.11. The number of ether oxygens (including phenoxy) is 2. The average Bonchev–Trinajstić information content (AvgIpc) is 2.83. The van der Waals surface area contributed by atoms with E-state index in [0.717, 1.165) is 31.8 Å². The molecule has 1 aliphatic heterocycles. The van der Waals surface area contributed by atoms with Gasteiger partial charge in [0.05, 0.1) is 19.0 Å². The van der Waals surface area contributed by atoms with Gasteiger partial charge in [-0.15, -0.1) is 0 Å². The van der Waals surface area contributed by atoms with E-state index < -0.39 is 11.6 Å². The van der Waals surface area contributed by atoms with E-state index in [1.807, 2.05) is 12.1 Å². The Morgan fingerprint density at radius 1 is 0.906 bits per heavy atom. The Morgan fingerprint density at radius 3 is 2.28 bits per heavy atom. The summed E-state index contributed by atoms with van der Waals surface area (Å²) in [5, 5.41) is 0. The van der Waals surface area contributed by atoms with Gasteiger partial charge in [0, 0.05) is 12.0 Å². The maximum Gasteiger partial charge on any atom is 0.201 e. The average molecular weight is 441 g/mol. The molecule has 0 N–H and O–H groups in total. The van der Waals surface area contributed by atoms with Crippen molar-refractivity contribution in [1.29, 1.82) is 0 Å². The zero-order chi connectivity index (χ0) is 22.5. The lowest BCUT2D eigenvalue weighted by atomic mass is 9.72. The first-order valence-corrected chi connectivity index (χ1v) is 12.1.